The fraction of sp³-hybridized carbons (Fsp3) is 0.680. The summed E-state index contributed by atoms with van der Waals surface area (Å²) in [5.74, 6) is -0.150. The third-order valence-electron chi connectivity index (χ3n) is 6.19. The Labute approximate surface area is 218 Å². The van der Waals surface area contributed by atoms with Gasteiger partial charge < -0.3 is 29.5 Å². The quantitative estimate of drug-likeness (QED) is 0.617. The van der Waals surface area contributed by atoms with E-state index in [1.807, 2.05) is 0 Å². The molecule has 2 N–H and O–H groups in total. The van der Waals surface area contributed by atoms with Crippen molar-refractivity contribution in [2.24, 2.45) is 5.92 Å². The molecule has 35 heavy (non-hydrogen) atoms. The Morgan fingerprint density at radius 2 is 1.89 bits per heavy atom. The van der Waals surface area contributed by atoms with Gasteiger partial charge in [0, 0.05) is 51.9 Å². The van der Waals surface area contributed by atoms with Gasteiger partial charge in [-0.25, -0.2) is 0 Å². The van der Waals surface area contributed by atoms with Gasteiger partial charge in [0.05, 0.1) is 16.7 Å². The number of benzene rings is 1. The van der Waals surface area contributed by atoms with Crippen LogP contribution in [0, 0.1) is 5.92 Å². The lowest BCUT2D eigenvalue weighted by Crippen LogP contribution is -2.53. The van der Waals surface area contributed by atoms with Crippen LogP contribution in [0.2, 0.25) is 10.0 Å². The maximum absolute atomic E-state index is 13.7. The SMILES string of the molecule is CO[C@@H]1CN(C(C)=O)C[C@H](CC(C)C)N(C(=O)c2ccc(Cl)c(Cl)c2)CCCCOC[C@@H](O)[C@H]1O. The number of hydrogen-bond acceptors (Lipinski definition) is 6. The average molecular weight is 533 g/mol. The molecule has 2 rings (SSSR count). The number of ether oxygens (including phenoxy) is 2. The van der Waals surface area contributed by atoms with Gasteiger partial charge in [0.1, 0.15) is 18.3 Å². The van der Waals surface area contributed by atoms with Gasteiger partial charge in [-0.05, 0) is 43.4 Å². The number of methoxy groups -OCH3 is 1. The minimum Gasteiger partial charge on any atom is -0.388 e. The predicted octanol–water partition coefficient (Wildman–Crippen LogP) is 3.25. The first kappa shape index (κ1) is 29.8. The van der Waals surface area contributed by atoms with E-state index in [4.69, 9.17) is 32.7 Å². The van der Waals surface area contributed by atoms with Gasteiger partial charge in [-0.15, -0.1) is 0 Å². The van der Waals surface area contributed by atoms with Crippen molar-refractivity contribution in [2.75, 3.05) is 40.0 Å². The van der Waals surface area contributed by atoms with Crippen molar-refractivity contribution in [1.82, 2.24) is 9.80 Å². The molecule has 1 fully saturated rings. The summed E-state index contributed by atoms with van der Waals surface area (Å²) in [7, 11) is 1.43. The van der Waals surface area contributed by atoms with Gasteiger partial charge in [-0.2, -0.15) is 0 Å². The van der Waals surface area contributed by atoms with Crippen molar-refractivity contribution in [3.8, 4) is 0 Å². The maximum Gasteiger partial charge on any atom is 0.254 e. The zero-order chi connectivity index (χ0) is 26.1. The fourth-order valence-corrected chi connectivity index (χ4v) is 4.55. The van der Waals surface area contributed by atoms with E-state index < -0.39 is 18.3 Å². The Morgan fingerprint density at radius 1 is 1.17 bits per heavy atom. The topological polar surface area (TPSA) is 99.5 Å². The lowest BCUT2D eigenvalue weighted by atomic mass is 9.99. The molecule has 1 saturated heterocycles. The largest absolute Gasteiger partial charge is 0.388 e. The van der Waals surface area contributed by atoms with E-state index in [1.165, 1.54) is 14.0 Å². The molecular formula is C25H38Cl2N2O6. The second-order valence-corrected chi connectivity index (χ2v) is 10.3. The molecule has 0 bridgehead atoms. The van der Waals surface area contributed by atoms with Crippen LogP contribution in [0.5, 0.6) is 0 Å². The number of halogens is 2. The van der Waals surface area contributed by atoms with Gasteiger partial charge in [0.15, 0.2) is 0 Å². The number of nitrogens with zero attached hydrogens (tertiary/aromatic N) is 2. The Morgan fingerprint density at radius 3 is 2.49 bits per heavy atom. The normalized spacial score (nSPS) is 25.4. The Balaban J connectivity index is 2.43. The van der Waals surface area contributed by atoms with Gasteiger partial charge in [0.2, 0.25) is 5.91 Å². The number of rotatable bonds is 4. The van der Waals surface area contributed by atoms with Crippen molar-refractivity contribution in [3.05, 3.63) is 33.8 Å². The lowest BCUT2D eigenvalue weighted by molar-refractivity contribution is -0.137. The van der Waals surface area contributed by atoms with Crippen molar-refractivity contribution in [3.63, 3.8) is 0 Å². The minimum atomic E-state index is -1.23. The summed E-state index contributed by atoms with van der Waals surface area (Å²) in [6.07, 6.45) is -1.21. The molecular weight excluding hydrogens is 495 g/mol. The third kappa shape index (κ3) is 8.88. The molecule has 198 valence electrons. The summed E-state index contributed by atoms with van der Waals surface area (Å²) in [5, 5.41) is 21.6. The second kappa shape index (κ2) is 14.4. The smallest absolute Gasteiger partial charge is 0.254 e. The molecule has 1 aliphatic heterocycles. The third-order valence-corrected chi connectivity index (χ3v) is 6.93. The molecule has 1 heterocycles. The molecule has 4 atom stereocenters. The van der Waals surface area contributed by atoms with Crippen molar-refractivity contribution >= 4 is 35.0 Å². The lowest BCUT2D eigenvalue weighted by Gasteiger charge is -2.38. The molecule has 0 radical (unpaired) electrons. The van der Waals surface area contributed by atoms with E-state index in [0.717, 1.165) is 0 Å². The van der Waals surface area contributed by atoms with Crippen LogP contribution in [0.25, 0.3) is 0 Å². The van der Waals surface area contributed by atoms with Crippen LogP contribution in [0.3, 0.4) is 0 Å². The first-order valence-corrected chi connectivity index (χ1v) is 12.8. The number of carbonyl (C=O) groups excluding carboxylic acids is 2. The summed E-state index contributed by atoms with van der Waals surface area (Å²) in [6, 6.07) is 4.53. The van der Waals surface area contributed by atoms with Gasteiger partial charge >= 0.3 is 0 Å². The molecule has 0 unspecified atom stereocenters. The molecule has 8 nitrogen and oxygen atoms in total. The molecule has 0 aliphatic carbocycles. The van der Waals surface area contributed by atoms with E-state index in [-0.39, 0.29) is 43.5 Å². The molecule has 0 aromatic heterocycles. The Kier molecular flexibility index (Phi) is 12.2. The fourth-order valence-electron chi connectivity index (χ4n) is 4.25. The molecule has 1 aromatic carbocycles. The number of amides is 2. The molecule has 10 heteroatoms. The Hall–Kier alpha value is -1.42. The van der Waals surface area contributed by atoms with E-state index in [0.29, 0.717) is 48.0 Å². The molecule has 2 amide bonds. The van der Waals surface area contributed by atoms with E-state index in [2.05, 4.69) is 13.8 Å². The summed E-state index contributed by atoms with van der Waals surface area (Å²) in [4.78, 5) is 29.7. The van der Waals surface area contributed by atoms with Crippen LogP contribution in [0.4, 0.5) is 0 Å². The van der Waals surface area contributed by atoms with Crippen molar-refractivity contribution in [1.29, 1.82) is 0 Å². The van der Waals surface area contributed by atoms with Crippen LogP contribution < -0.4 is 0 Å². The monoisotopic (exact) mass is 532 g/mol. The van der Waals surface area contributed by atoms with Crippen molar-refractivity contribution < 1.29 is 29.3 Å². The number of aliphatic hydroxyl groups is 2. The van der Waals surface area contributed by atoms with Crippen LogP contribution in [-0.4, -0.2) is 96.1 Å². The summed E-state index contributed by atoms with van der Waals surface area (Å²) >= 11 is 12.2. The zero-order valence-electron chi connectivity index (χ0n) is 21.0. The molecule has 0 saturated carbocycles. The van der Waals surface area contributed by atoms with Gasteiger partial charge in [-0.1, -0.05) is 37.0 Å². The highest BCUT2D eigenvalue weighted by atomic mass is 35.5. The van der Waals surface area contributed by atoms with E-state index in [9.17, 15) is 19.8 Å². The van der Waals surface area contributed by atoms with E-state index >= 15 is 0 Å². The Bertz CT molecular complexity index is 840. The summed E-state index contributed by atoms with van der Waals surface area (Å²) < 4.78 is 11.0. The standard InChI is InChI=1S/C25H38Cl2N2O6/c1-16(2)11-19-13-28(17(3)30)14-23(34-4)24(32)22(31)15-35-10-6-5-9-29(19)25(33)18-7-8-20(26)21(27)12-18/h7-8,12,16,19,22-24,31-32H,5-6,9-11,13-15H2,1-4H3/t19-,22+,23+,24+/m0/s1. The summed E-state index contributed by atoms with van der Waals surface area (Å²) in [6.45, 7) is 6.69. The van der Waals surface area contributed by atoms with Crippen LogP contribution in [0.15, 0.2) is 18.2 Å². The molecule has 1 aliphatic rings. The number of carbonyl (C=O) groups is 2. The molecule has 0 spiro atoms. The first-order valence-electron chi connectivity index (χ1n) is 12.0. The highest BCUT2D eigenvalue weighted by Crippen LogP contribution is 2.25. The number of aliphatic hydroxyl groups excluding tert-OH is 2. The van der Waals surface area contributed by atoms with Crippen LogP contribution >= 0.6 is 23.2 Å². The van der Waals surface area contributed by atoms with Gasteiger partial charge in [0.25, 0.3) is 5.91 Å². The highest BCUT2D eigenvalue weighted by Gasteiger charge is 2.33. The van der Waals surface area contributed by atoms with Crippen LogP contribution in [-0.2, 0) is 14.3 Å². The molecule has 1 aromatic rings. The predicted molar refractivity (Wildman–Crippen MR) is 136 cm³/mol. The summed E-state index contributed by atoms with van der Waals surface area (Å²) in [5.41, 5.74) is 0.424. The zero-order valence-corrected chi connectivity index (χ0v) is 22.5. The van der Waals surface area contributed by atoms with Crippen molar-refractivity contribution in [2.45, 2.75) is 64.4 Å². The minimum absolute atomic E-state index is 0.0526. The highest BCUT2D eigenvalue weighted by molar-refractivity contribution is 6.42. The average Bonchev–Trinajstić information content (AvgIpc) is 2.80. The maximum atomic E-state index is 13.7. The van der Waals surface area contributed by atoms with E-state index in [1.54, 1.807) is 28.0 Å². The first-order chi connectivity index (χ1) is 16.5. The number of hydrogen-bond donors (Lipinski definition) is 2. The van der Waals surface area contributed by atoms with Gasteiger partial charge in [-0.3, -0.25) is 9.59 Å². The van der Waals surface area contributed by atoms with Crippen LogP contribution in [0.1, 0.15) is 50.4 Å². The second-order valence-electron chi connectivity index (χ2n) is 9.45.